The molecule has 1 heterocycles. The molecule has 0 spiro atoms. The third kappa shape index (κ3) is 2.81. The van der Waals surface area contributed by atoms with Crippen molar-refractivity contribution >= 4 is 11.8 Å². The third-order valence-corrected chi connectivity index (χ3v) is 5.60. The van der Waals surface area contributed by atoms with Crippen molar-refractivity contribution in [1.29, 1.82) is 0 Å². The van der Waals surface area contributed by atoms with Crippen LogP contribution >= 0.6 is 0 Å². The number of non-ortho nitro benzene ring substituents is 1. The molecule has 24 heavy (non-hydrogen) atoms. The standard InChI is InChI=1S/C19H24N2O3/c22-21(23)17-9-10-18-14(13-17)12-15-6-4-5-11-19(15,24-18)20-16-7-2-1-3-8-16/h9-10,12-13,16,20H,1-8,11H2/t19-/m0/s1. The van der Waals surface area contributed by atoms with Crippen LogP contribution in [0.3, 0.4) is 0 Å². The lowest BCUT2D eigenvalue weighted by molar-refractivity contribution is -0.384. The van der Waals surface area contributed by atoms with Crippen molar-refractivity contribution in [1.82, 2.24) is 5.32 Å². The Morgan fingerprint density at radius 1 is 1.17 bits per heavy atom. The van der Waals surface area contributed by atoms with Crippen molar-refractivity contribution in [2.45, 2.75) is 69.6 Å². The summed E-state index contributed by atoms with van der Waals surface area (Å²) in [6.45, 7) is 0. The fourth-order valence-corrected chi connectivity index (χ4v) is 4.36. The van der Waals surface area contributed by atoms with Gasteiger partial charge in [0.15, 0.2) is 5.72 Å². The van der Waals surface area contributed by atoms with E-state index in [0.717, 1.165) is 37.0 Å². The number of hydrogen-bond donors (Lipinski definition) is 1. The number of nitro groups is 1. The van der Waals surface area contributed by atoms with Crippen molar-refractivity contribution in [3.05, 3.63) is 39.4 Å². The first-order valence-corrected chi connectivity index (χ1v) is 9.12. The SMILES string of the molecule is O=[N+]([O-])c1ccc2c(c1)C=C1CCCC[C@]1(NC1CCCCC1)O2. The number of fused-ring (bicyclic) bond motifs is 2. The molecule has 0 bridgehead atoms. The van der Waals surface area contributed by atoms with E-state index in [2.05, 4.69) is 11.4 Å². The van der Waals surface area contributed by atoms with Gasteiger partial charge in [-0.2, -0.15) is 0 Å². The van der Waals surface area contributed by atoms with Crippen LogP contribution in [0.15, 0.2) is 23.8 Å². The van der Waals surface area contributed by atoms with E-state index < -0.39 is 5.72 Å². The lowest BCUT2D eigenvalue weighted by Gasteiger charge is -2.46. The number of nitro benzene ring substituents is 1. The van der Waals surface area contributed by atoms with Gasteiger partial charge >= 0.3 is 0 Å². The zero-order chi connectivity index (χ0) is 16.6. The van der Waals surface area contributed by atoms with Crippen molar-refractivity contribution in [3.63, 3.8) is 0 Å². The molecule has 4 rings (SSSR count). The van der Waals surface area contributed by atoms with Crippen LogP contribution in [0.5, 0.6) is 5.75 Å². The molecule has 128 valence electrons. The van der Waals surface area contributed by atoms with Gasteiger partial charge in [-0.15, -0.1) is 0 Å². The van der Waals surface area contributed by atoms with Crippen LogP contribution in [-0.2, 0) is 0 Å². The highest BCUT2D eigenvalue weighted by atomic mass is 16.6. The number of benzene rings is 1. The van der Waals surface area contributed by atoms with Gasteiger partial charge < -0.3 is 4.74 Å². The minimum atomic E-state index is -0.399. The quantitative estimate of drug-likeness (QED) is 0.652. The van der Waals surface area contributed by atoms with Crippen molar-refractivity contribution in [2.24, 2.45) is 0 Å². The summed E-state index contributed by atoms with van der Waals surface area (Å²) in [7, 11) is 0. The van der Waals surface area contributed by atoms with E-state index in [1.165, 1.54) is 43.7 Å². The summed E-state index contributed by atoms with van der Waals surface area (Å²) in [6, 6.07) is 5.43. The first-order valence-electron chi connectivity index (χ1n) is 9.12. The van der Waals surface area contributed by atoms with E-state index in [9.17, 15) is 10.1 Å². The molecule has 0 aromatic heterocycles. The van der Waals surface area contributed by atoms with E-state index in [1.54, 1.807) is 12.1 Å². The number of rotatable bonds is 3. The lowest BCUT2D eigenvalue weighted by Crippen LogP contribution is -2.58. The first-order chi connectivity index (χ1) is 11.7. The van der Waals surface area contributed by atoms with Gasteiger partial charge in [-0.3, -0.25) is 15.4 Å². The van der Waals surface area contributed by atoms with E-state index in [1.807, 2.05) is 0 Å². The third-order valence-electron chi connectivity index (χ3n) is 5.60. The molecule has 1 aliphatic heterocycles. The van der Waals surface area contributed by atoms with Gasteiger partial charge in [0.05, 0.1) is 4.92 Å². The van der Waals surface area contributed by atoms with Gasteiger partial charge in [-0.05, 0) is 49.8 Å². The maximum absolute atomic E-state index is 11.0. The van der Waals surface area contributed by atoms with Crippen LogP contribution in [0.25, 0.3) is 6.08 Å². The van der Waals surface area contributed by atoms with Crippen LogP contribution in [0, 0.1) is 10.1 Å². The topological polar surface area (TPSA) is 64.4 Å². The smallest absolute Gasteiger partial charge is 0.270 e. The predicted molar refractivity (Wildman–Crippen MR) is 92.9 cm³/mol. The molecule has 0 radical (unpaired) electrons. The van der Waals surface area contributed by atoms with Gasteiger partial charge in [-0.25, -0.2) is 0 Å². The van der Waals surface area contributed by atoms with E-state index in [-0.39, 0.29) is 10.6 Å². The summed E-state index contributed by atoms with van der Waals surface area (Å²) in [5.41, 5.74) is 1.82. The van der Waals surface area contributed by atoms with Gasteiger partial charge in [0.1, 0.15) is 5.75 Å². The molecule has 2 aliphatic carbocycles. The Morgan fingerprint density at radius 3 is 2.79 bits per heavy atom. The molecule has 0 amide bonds. The predicted octanol–water partition coefficient (Wildman–Crippen LogP) is 4.56. The molecule has 2 saturated carbocycles. The highest BCUT2D eigenvalue weighted by molar-refractivity contribution is 5.67. The largest absolute Gasteiger partial charge is 0.468 e. The van der Waals surface area contributed by atoms with Crippen LogP contribution in [0.1, 0.15) is 63.4 Å². The van der Waals surface area contributed by atoms with Crippen LogP contribution in [-0.4, -0.2) is 16.7 Å². The average Bonchev–Trinajstić information content (AvgIpc) is 2.60. The summed E-state index contributed by atoms with van der Waals surface area (Å²) in [4.78, 5) is 10.7. The molecule has 5 nitrogen and oxygen atoms in total. The summed E-state index contributed by atoms with van der Waals surface area (Å²) < 4.78 is 6.46. The van der Waals surface area contributed by atoms with E-state index in [4.69, 9.17) is 4.74 Å². The Labute approximate surface area is 142 Å². The van der Waals surface area contributed by atoms with Gasteiger partial charge in [0.25, 0.3) is 5.69 Å². The lowest BCUT2D eigenvalue weighted by atomic mass is 9.81. The molecule has 1 N–H and O–H groups in total. The summed E-state index contributed by atoms with van der Waals surface area (Å²) in [6.07, 6.45) is 12.8. The van der Waals surface area contributed by atoms with Crippen LogP contribution in [0.4, 0.5) is 5.69 Å². The fraction of sp³-hybridized carbons (Fsp3) is 0.579. The molecule has 5 heteroatoms. The van der Waals surface area contributed by atoms with Crippen molar-refractivity contribution < 1.29 is 9.66 Å². The maximum atomic E-state index is 11.0. The number of hydrogen-bond acceptors (Lipinski definition) is 4. The molecule has 1 aromatic rings. The highest BCUT2D eigenvalue weighted by Gasteiger charge is 2.43. The molecule has 0 unspecified atom stereocenters. The molecule has 3 aliphatic rings. The van der Waals surface area contributed by atoms with Crippen LogP contribution in [0.2, 0.25) is 0 Å². The van der Waals surface area contributed by atoms with Crippen molar-refractivity contribution in [2.75, 3.05) is 0 Å². The summed E-state index contributed by atoms with van der Waals surface area (Å²) in [5, 5.41) is 14.9. The van der Waals surface area contributed by atoms with Gasteiger partial charge in [0, 0.05) is 30.2 Å². The summed E-state index contributed by atoms with van der Waals surface area (Å²) in [5.74, 6) is 0.759. The number of ether oxygens (including phenoxy) is 1. The summed E-state index contributed by atoms with van der Waals surface area (Å²) >= 11 is 0. The monoisotopic (exact) mass is 328 g/mol. The van der Waals surface area contributed by atoms with Crippen LogP contribution < -0.4 is 10.1 Å². The molecule has 2 fully saturated rings. The first kappa shape index (κ1) is 15.6. The Morgan fingerprint density at radius 2 is 2.00 bits per heavy atom. The van der Waals surface area contributed by atoms with Gasteiger partial charge in [-0.1, -0.05) is 19.3 Å². The normalized spacial score (nSPS) is 26.8. The zero-order valence-corrected chi connectivity index (χ0v) is 13.9. The number of nitrogens with one attached hydrogen (secondary N) is 1. The number of nitrogens with zero attached hydrogens (tertiary/aromatic N) is 1. The Hall–Kier alpha value is -1.88. The van der Waals surface area contributed by atoms with E-state index in [0.29, 0.717) is 6.04 Å². The van der Waals surface area contributed by atoms with E-state index >= 15 is 0 Å². The Kier molecular flexibility index (Phi) is 4.04. The fourth-order valence-electron chi connectivity index (χ4n) is 4.36. The molecular weight excluding hydrogens is 304 g/mol. The van der Waals surface area contributed by atoms with Gasteiger partial charge in [0.2, 0.25) is 0 Å². The Balaban J connectivity index is 1.66. The second-order valence-corrected chi connectivity index (χ2v) is 7.26. The minimum Gasteiger partial charge on any atom is -0.468 e. The van der Waals surface area contributed by atoms with Crippen molar-refractivity contribution in [3.8, 4) is 5.75 Å². The molecule has 1 atom stereocenters. The average molecular weight is 328 g/mol. The Bertz CT molecular complexity index is 679. The molecule has 1 aromatic carbocycles. The zero-order valence-electron chi connectivity index (χ0n) is 13.9. The molecule has 0 saturated heterocycles. The maximum Gasteiger partial charge on any atom is 0.270 e. The minimum absolute atomic E-state index is 0.123. The highest BCUT2D eigenvalue weighted by Crippen LogP contribution is 2.43. The molecular formula is C19H24N2O3. The second-order valence-electron chi connectivity index (χ2n) is 7.26. The second kappa shape index (κ2) is 6.20.